The number of ether oxygens (including phenoxy) is 3. The van der Waals surface area contributed by atoms with Crippen molar-refractivity contribution in [3.8, 4) is 0 Å². The Kier molecular flexibility index (Phi) is 11.9. The van der Waals surface area contributed by atoms with E-state index < -0.39 is 18.1 Å². The molecule has 0 radical (unpaired) electrons. The maximum Gasteiger partial charge on any atom is 0.329 e. The zero-order valence-corrected chi connectivity index (χ0v) is 24.3. The number of anilines is 2. The molecule has 1 unspecified atom stereocenters. The second-order valence-corrected chi connectivity index (χ2v) is 9.51. The minimum absolute atomic E-state index is 0.0882. The number of benzene rings is 2. The minimum atomic E-state index is -0.706. The lowest BCUT2D eigenvalue weighted by atomic mass is 10.0. The molecule has 3 rings (SSSR count). The van der Waals surface area contributed by atoms with Crippen LogP contribution in [0.3, 0.4) is 0 Å². The van der Waals surface area contributed by atoms with Crippen LogP contribution in [-0.2, 0) is 33.4 Å². The van der Waals surface area contributed by atoms with Gasteiger partial charge in [-0.15, -0.1) is 11.6 Å². The zero-order valence-electron chi connectivity index (χ0n) is 23.6. The van der Waals surface area contributed by atoms with Crippen molar-refractivity contribution in [3.63, 3.8) is 0 Å². The first-order valence-electron chi connectivity index (χ1n) is 12.6. The molecule has 212 valence electrons. The van der Waals surface area contributed by atoms with Gasteiger partial charge in [-0.05, 0) is 56.9 Å². The number of hydrogen-bond acceptors (Lipinski definition) is 7. The second-order valence-electron chi connectivity index (χ2n) is 9.25. The molecule has 2 aromatic rings. The summed E-state index contributed by atoms with van der Waals surface area (Å²) in [6.45, 7) is 9.54. The van der Waals surface area contributed by atoms with E-state index >= 15 is 0 Å². The Balaban J connectivity index is 0.000000274. The van der Waals surface area contributed by atoms with Crippen molar-refractivity contribution in [3.05, 3.63) is 58.7 Å². The molecule has 0 spiro atoms. The molecule has 10 heteroatoms. The van der Waals surface area contributed by atoms with Gasteiger partial charge < -0.3 is 14.2 Å². The summed E-state index contributed by atoms with van der Waals surface area (Å²) in [5, 5.41) is 0. The lowest BCUT2D eigenvalue weighted by molar-refractivity contribution is -0.143. The highest BCUT2D eigenvalue weighted by Gasteiger charge is 2.37. The summed E-state index contributed by atoms with van der Waals surface area (Å²) in [4.78, 5) is 51.0. The number of carbonyl (C=O) groups excluding carboxylic acids is 4. The quantitative estimate of drug-likeness (QED) is 0.355. The number of carbonyl (C=O) groups is 4. The number of rotatable bonds is 8. The molecule has 2 atom stereocenters. The SMILES string of the molecule is COCC(=O)N(c1c(C)cccc1C)[C@@H](C)C(=O)OC.Cc1cccc(C)c1N(C(=O)CCl)C1CCOC1=O. The number of esters is 2. The maximum atomic E-state index is 12.3. The van der Waals surface area contributed by atoms with Crippen LogP contribution in [0.5, 0.6) is 0 Å². The third-order valence-corrected chi connectivity index (χ3v) is 6.66. The normalized spacial score (nSPS) is 15.0. The van der Waals surface area contributed by atoms with Gasteiger partial charge in [0.1, 0.15) is 24.6 Å². The smallest absolute Gasteiger partial charge is 0.329 e. The molecule has 1 aliphatic heterocycles. The van der Waals surface area contributed by atoms with Crippen LogP contribution >= 0.6 is 11.6 Å². The molecule has 39 heavy (non-hydrogen) atoms. The summed E-state index contributed by atoms with van der Waals surface area (Å²) in [5.41, 5.74) is 5.22. The number of cyclic esters (lactones) is 1. The van der Waals surface area contributed by atoms with Crippen LogP contribution in [0.25, 0.3) is 0 Å². The van der Waals surface area contributed by atoms with E-state index in [1.165, 1.54) is 24.0 Å². The van der Waals surface area contributed by atoms with Crippen LogP contribution in [0.2, 0.25) is 0 Å². The van der Waals surface area contributed by atoms with Gasteiger partial charge in [-0.2, -0.15) is 0 Å². The van der Waals surface area contributed by atoms with Crippen molar-refractivity contribution < 1.29 is 33.4 Å². The Morgan fingerprint density at radius 1 is 0.949 bits per heavy atom. The van der Waals surface area contributed by atoms with E-state index in [0.29, 0.717) is 13.0 Å². The van der Waals surface area contributed by atoms with E-state index in [-0.39, 0.29) is 30.3 Å². The second kappa shape index (κ2) is 14.6. The number of para-hydroxylation sites is 2. The lowest BCUT2D eigenvalue weighted by Crippen LogP contribution is -2.46. The molecule has 1 aliphatic rings. The Bertz CT molecular complexity index is 1160. The summed E-state index contributed by atoms with van der Waals surface area (Å²) >= 11 is 5.68. The van der Waals surface area contributed by atoms with Crippen molar-refractivity contribution >= 4 is 46.7 Å². The summed E-state index contributed by atoms with van der Waals surface area (Å²) < 4.78 is 14.6. The van der Waals surface area contributed by atoms with E-state index in [1.807, 2.05) is 64.1 Å². The number of amides is 2. The third-order valence-electron chi connectivity index (χ3n) is 6.43. The molecule has 2 aromatic carbocycles. The van der Waals surface area contributed by atoms with Gasteiger partial charge >= 0.3 is 11.9 Å². The van der Waals surface area contributed by atoms with E-state index in [9.17, 15) is 19.2 Å². The van der Waals surface area contributed by atoms with Crippen molar-refractivity contribution in [2.24, 2.45) is 0 Å². The number of halogens is 1. The fourth-order valence-electron chi connectivity index (χ4n) is 4.61. The lowest BCUT2D eigenvalue weighted by Gasteiger charge is -2.30. The Morgan fingerprint density at radius 2 is 1.46 bits per heavy atom. The molecular formula is C29H37ClN2O7. The molecular weight excluding hydrogens is 524 g/mol. The first-order chi connectivity index (χ1) is 18.5. The van der Waals surface area contributed by atoms with Gasteiger partial charge in [0.05, 0.1) is 25.1 Å². The van der Waals surface area contributed by atoms with E-state index in [4.69, 9.17) is 25.8 Å². The molecule has 0 N–H and O–H groups in total. The fraction of sp³-hybridized carbons (Fsp3) is 0.448. The van der Waals surface area contributed by atoms with Crippen molar-refractivity contribution in [1.29, 1.82) is 0 Å². The molecule has 9 nitrogen and oxygen atoms in total. The first kappa shape index (κ1) is 31.8. The van der Waals surface area contributed by atoms with Crippen LogP contribution in [0, 0.1) is 27.7 Å². The maximum absolute atomic E-state index is 12.3. The van der Waals surface area contributed by atoms with Gasteiger partial charge in [-0.1, -0.05) is 36.4 Å². The predicted molar refractivity (Wildman–Crippen MR) is 150 cm³/mol. The molecule has 0 aliphatic carbocycles. The number of hydrogen-bond donors (Lipinski definition) is 0. The van der Waals surface area contributed by atoms with Crippen molar-refractivity contribution in [2.45, 2.75) is 53.1 Å². The average Bonchev–Trinajstić information content (AvgIpc) is 3.32. The topological polar surface area (TPSA) is 102 Å². The van der Waals surface area contributed by atoms with Crippen LogP contribution in [0.4, 0.5) is 11.4 Å². The van der Waals surface area contributed by atoms with Crippen LogP contribution in [0.1, 0.15) is 35.6 Å². The van der Waals surface area contributed by atoms with E-state index in [0.717, 1.165) is 33.6 Å². The predicted octanol–water partition coefficient (Wildman–Crippen LogP) is 4.04. The van der Waals surface area contributed by atoms with Gasteiger partial charge in [0.2, 0.25) is 5.91 Å². The summed E-state index contributed by atoms with van der Waals surface area (Å²) in [5.74, 6) is -1.53. The van der Waals surface area contributed by atoms with Gasteiger partial charge in [-0.3, -0.25) is 19.4 Å². The molecule has 0 aromatic heterocycles. The average molecular weight is 561 g/mol. The summed E-state index contributed by atoms with van der Waals surface area (Å²) in [6.07, 6.45) is 0.509. The zero-order chi connectivity index (χ0) is 29.3. The molecule has 0 saturated carbocycles. The minimum Gasteiger partial charge on any atom is -0.467 e. The van der Waals surface area contributed by atoms with E-state index in [2.05, 4.69) is 0 Å². The highest BCUT2D eigenvalue weighted by Crippen LogP contribution is 2.30. The fourth-order valence-corrected chi connectivity index (χ4v) is 4.74. The molecule has 1 saturated heterocycles. The van der Waals surface area contributed by atoms with Gasteiger partial charge in [0, 0.05) is 13.5 Å². The summed E-state index contributed by atoms with van der Waals surface area (Å²) in [6, 6.07) is 10.2. The standard InChI is InChI=1S/C15H21NO4.C14H16ClNO3/c1-10-7-6-8-11(2)14(10)16(13(17)9-19-4)12(3)15(18)20-5;1-9-4-3-5-10(2)13(9)16(12(17)8-15)11-6-7-19-14(11)18/h6-8,12H,9H2,1-5H3;3-5,11H,6-8H2,1-2H3/t12-;/m0./s1. The number of aryl methyl sites for hydroxylation is 4. The largest absolute Gasteiger partial charge is 0.467 e. The number of alkyl halides is 1. The Hall–Kier alpha value is -3.43. The van der Waals surface area contributed by atoms with Crippen LogP contribution in [0.15, 0.2) is 36.4 Å². The number of nitrogens with zero attached hydrogens (tertiary/aromatic N) is 2. The molecule has 2 amide bonds. The molecule has 1 fully saturated rings. The molecule has 1 heterocycles. The van der Waals surface area contributed by atoms with Crippen molar-refractivity contribution in [1.82, 2.24) is 0 Å². The Morgan fingerprint density at radius 3 is 1.87 bits per heavy atom. The van der Waals surface area contributed by atoms with Crippen LogP contribution < -0.4 is 9.80 Å². The van der Waals surface area contributed by atoms with Gasteiger partial charge in [0.25, 0.3) is 5.91 Å². The highest BCUT2D eigenvalue weighted by molar-refractivity contribution is 6.30. The van der Waals surface area contributed by atoms with Crippen molar-refractivity contribution in [2.75, 3.05) is 43.1 Å². The van der Waals surface area contributed by atoms with Crippen LogP contribution in [-0.4, -0.2) is 69.2 Å². The van der Waals surface area contributed by atoms with Gasteiger partial charge in [0.15, 0.2) is 0 Å². The Labute approximate surface area is 235 Å². The van der Waals surface area contributed by atoms with Gasteiger partial charge in [-0.25, -0.2) is 9.59 Å². The monoisotopic (exact) mass is 560 g/mol. The summed E-state index contributed by atoms with van der Waals surface area (Å²) in [7, 11) is 2.76. The third kappa shape index (κ3) is 7.58. The molecule has 0 bridgehead atoms. The van der Waals surface area contributed by atoms with E-state index in [1.54, 1.807) is 6.92 Å². The first-order valence-corrected chi connectivity index (χ1v) is 13.1. The highest BCUT2D eigenvalue weighted by atomic mass is 35.5. The number of methoxy groups -OCH3 is 2.